The third kappa shape index (κ3) is 4.06. The topological polar surface area (TPSA) is 160 Å². The summed E-state index contributed by atoms with van der Waals surface area (Å²) < 4.78 is 3.93. The number of β-lactam (4-membered cyclic amide) rings is 1. The number of carbonyl (C=O) groups is 3. The second-order valence-corrected chi connectivity index (χ2v) is 7.89. The number of carboxylic acid groups (broad SMARTS) is 1. The maximum Gasteiger partial charge on any atom is 0.352 e. The van der Waals surface area contributed by atoms with E-state index in [0.717, 1.165) is 16.4 Å². The van der Waals surface area contributed by atoms with Crippen LogP contribution in [0.25, 0.3) is 0 Å². The van der Waals surface area contributed by atoms with Crippen LogP contribution >= 0.6 is 34.9 Å². The van der Waals surface area contributed by atoms with Crippen LogP contribution in [0.1, 0.15) is 5.82 Å². The van der Waals surface area contributed by atoms with E-state index in [4.69, 9.17) is 22.2 Å². The molecule has 2 atom stereocenters. The molecule has 0 aromatic carbocycles. The van der Waals surface area contributed by atoms with Gasteiger partial charge in [0.2, 0.25) is 11.5 Å². The number of carbonyl (C=O) groups excluding carboxylic acids is 2. The Morgan fingerprint density at radius 1 is 1.55 bits per heavy atom. The van der Waals surface area contributed by atoms with Crippen molar-refractivity contribution in [1.29, 1.82) is 0 Å². The summed E-state index contributed by atoms with van der Waals surface area (Å²) in [6, 6.07) is -0.945. The van der Waals surface area contributed by atoms with Crippen molar-refractivity contribution < 1.29 is 24.3 Å². The predicted molar refractivity (Wildman–Crippen MR) is 107 cm³/mol. The highest BCUT2D eigenvalue weighted by Crippen LogP contribution is 2.40. The zero-order chi connectivity index (χ0) is 21.1. The van der Waals surface area contributed by atoms with Crippen molar-refractivity contribution in [1.82, 2.24) is 19.6 Å². The minimum atomic E-state index is -1.24. The number of alkyl halides is 1. The van der Waals surface area contributed by atoms with E-state index in [1.807, 2.05) is 0 Å². The molecule has 2 aliphatic heterocycles. The molecule has 1 saturated heterocycles. The van der Waals surface area contributed by atoms with E-state index in [9.17, 15) is 19.5 Å². The van der Waals surface area contributed by atoms with Gasteiger partial charge >= 0.3 is 5.97 Å². The number of fused-ring (bicyclic) bond motifs is 1. The number of hydrogen-bond acceptors (Lipinski definition) is 10. The fourth-order valence-electron chi connectivity index (χ4n) is 2.67. The highest BCUT2D eigenvalue weighted by atomic mass is 35.5. The Labute approximate surface area is 177 Å². The molecule has 0 saturated carbocycles. The normalized spacial score (nSPS) is 21.3. The molecule has 0 unspecified atom stereocenters. The Bertz CT molecular complexity index is 932. The number of nitrogens with one attached hydrogen (secondary N) is 1. The highest BCUT2D eigenvalue weighted by molar-refractivity contribution is 8.00. The van der Waals surface area contributed by atoms with E-state index in [1.165, 1.54) is 17.8 Å². The van der Waals surface area contributed by atoms with Crippen LogP contribution < -0.4 is 11.1 Å². The van der Waals surface area contributed by atoms with Gasteiger partial charge in [0.25, 0.3) is 11.8 Å². The average molecular weight is 459 g/mol. The molecule has 4 N–H and O–H groups in total. The number of thioether (sulfide) groups is 1. The number of aromatic nitrogens is 2. The summed E-state index contributed by atoms with van der Waals surface area (Å²) in [6.07, 6.45) is 1.43. The first kappa shape index (κ1) is 21.1. The summed E-state index contributed by atoms with van der Waals surface area (Å²) in [5.41, 5.74) is 5.60. The number of rotatable bonds is 8. The van der Waals surface area contributed by atoms with Crippen LogP contribution in [-0.4, -0.2) is 72.5 Å². The van der Waals surface area contributed by atoms with Gasteiger partial charge in [-0.3, -0.25) is 14.5 Å². The number of amides is 2. The Morgan fingerprint density at radius 2 is 2.31 bits per heavy atom. The van der Waals surface area contributed by atoms with Gasteiger partial charge < -0.3 is 21.0 Å². The SMILES string of the molecule is C=CCON=C(C(=O)N[C@@H]1C(=O)N2C(C(=O)O)=C(CCl)CS[C@H]12)c1nsc(N)n1. The van der Waals surface area contributed by atoms with Gasteiger partial charge in [0.1, 0.15) is 23.7 Å². The maximum atomic E-state index is 12.7. The lowest BCUT2D eigenvalue weighted by Crippen LogP contribution is -2.71. The van der Waals surface area contributed by atoms with E-state index in [2.05, 4.69) is 26.4 Å². The van der Waals surface area contributed by atoms with Gasteiger partial charge in [0, 0.05) is 23.2 Å². The standard InChI is InChI=1S/C15H15ClN6O5S2/c1-2-3-27-20-7(10-19-15(17)29-21-10)11(23)18-8-12(24)22-9(14(25)26)6(4-16)5-28-13(8)22/h2,8,13H,1,3-5H2,(H,18,23)(H,25,26)(H2,17,19,21)/t8-,13-/m1/s1. The zero-order valence-corrected chi connectivity index (χ0v) is 17.1. The number of nitrogens with two attached hydrogens (primary N) is 1. The third-order valence-electron chi connectivity index (χ3n) is 3.91. The number of carboxylic acids is 1. The van der Waals surface area contributed by atoms with Crippen LogP contribution in [0.15, 0.2) is 29.1 Å². The fraction of sp³-hybridized carbons (Fsp3) is 0.333. The van der Waals surface area contributed by atoms with Crippen LogP contribution in [0, 0.1) is 0 Å². The van der Waals surface area contributed by atoms with Crippen molar-refractivity contribution in [3.63, 3.8) is 0 Å². The first-order valence-corrected chi connectivity index (χ1v) is 10.4. The van der Waals surface area contributed by atoms with Crippen LogP contribution in [0.3, 0.4) is 0 Å². The number of anilines is 1. The predicted octanol–water partition coefficient (Wildman–Crippen LogP) is 0.00440. The van der Waals surface area contributed by atoms with Gasteiger partial charge in [-0.25, -0.2) is 4.79 Å². The largest absolute Gasteiger partial charge is 0.477 e. The number of aliphatic carboxylic acids is 1. The molecule has 1 aromatic rings. The van der Waals surface area contributed by atoms with Crippen LogP contribution in [0.5, 0.6) is 0 Å². The first-order valence-electron chi connectivity index (χ1n) is 8.06. The van der Waals surface area contributed by atoms with Crippen LogP contribution in [-0.2, 0) is 19.2 Å². The quantitative estimate of drug-likeness (QED) is 0.122. The molecule has 14 heteroatoms. The van der Waals surface area contributed by atoms with Gasteiger partial charge in [0.05, 0.1) is 0 Å². The van der Waals surface area contributed by atoms with Gasteiger partial charge in [-0.05, 0) is 5.57 Å². The molecule has 0 aliphatic carbocycles. The molecular formula is C15H15ClN6O5S2. The van der Waals surface area contributed by atoms with Crippen molar-refractivity contribution in [3.8, 4) is 0 Å². The first-order chi connectivity index (χ1) is 13.9. The third-order valence-corrected chi connectivity index (χ3v) is 6.12. The molecule has 0 bridgehead atoms. The lowest BCUT2D eigenvalue weighted by molar-refractivity contribution is -0.150. The van der Waals surface area contributed by atoms with Crippen molar-refractivity contribution >= 4 is 63.5 Å². The summed E-state index contributed by atoms with van der Waals surface area (Å²) in [5, 5.41) is 15.2. The lowest BCUT2D eigenvalue weighted by atomic mass is 10.0. The smallest absolute Gasteiger partial charge is 0.352 e. The molecule has 1 aromatic heterocycles. The maximum absolute atomic E-state index is 12.7. The summed E-state index contributed by atoms with van der Waals surface area (Å²) >= 11 is 7.97. The van der Waals surface area contributed by atoms with Gasteiger partial charge in [-0.15, -0.1) is 23.4 Å². The van der Waals surface area contributed by atoms with Gasteiger partial charge in [-0.2, -0.15) is 9.36 Å². The Balaban J connectivity index is 1.79. The van der Waals surface area contributed by atoms with Crippen molar-refractivity contribution in [3.05, 3.63) is 29.7 Å². The van der Waals surface area contributed by atoms with Crippen molar-refractivity contribution in [2.75, 3.05) is 24.0 Å². The fourth-order valence-corrected chi connectivity index (χ4v) is 4.78. The van der Waals surface area contributed by atoms with Crippen LogP contribution in [0.4, 0.5) is 5.13 Å². The Morgan fingerprint density at radius 3 is 2.90 bits per heavy atom. The van der Waals surface area contributed by atoms with Crippen molar-refractivity contribution in [2.45, 2.75) is 11.4 Å². The van der Waals surface area contributed by atoms with E-state index in [-0.39, 0.29) is 34.9 Å². The molecule has 0 radical (unpaired) electrons. The van der Waals surface area contributed by atoms with Crippen molar-refractivity contribution in [2.24, 2.45) is 5.16 Å². The van der Waals surface area contributed by atoms with E-state index in [0.29, 0.717) is 11.3 Å². The molecule has 154 valence electrons. The Hall–Kier alpha value is -2.64. The summed E-state index contributed by atoms with van der Waals surface area (Å²) in [7, 11) is 0. The number of nitrogen functional groups attached to an aromatic ring is 1. The molecule has 2 amide bonds. The van der Waals surface area contributed by atoms with Gasteiger partial charge in [0.15, 0.2) is 5.13 Å². The number of halogens is 1. The van der Waals surface area contributed by atoms with E-state index in [1.54, 1.807) is 0 Å². The summed E-state index contributed by atoms with van der Waals surface area (Å²) in [4.78, 5) is 46.8. The molecule has 2 aliphatic rings. The summed E-state index contributed by atoms with van der Waals surface area (Å²) in [6.45, 7) is 3.52. The highest BCUT2D eigenvalue weighted by Gasteiger charge is 2.54. The second-order valence-electron chi connectivity index (χ2n) is 5.73. The lowest BCUT2D eigenvalue weighted by Gasteiger charge is -2.49. The van der Waals surface area contributed by atoms with Gasteiger partial charge in [-0.1, -0.05) is 17.8 Å². The molecule has 0 spiro atoms. The average Bonchev–Trinajstić information content (AvgIpc) is 3.13. The number of oxime groups is 1. The molecule has 3 rings (SSSR count). The molecule has 1 fully saturated rings. The van der Waals surface area contributed by atoms with E-state index < -0.39 is 29.2 Å². The second kappa shape index (κ2) is 8.80. The summed E-state index contributed by atoms with van der Waals surface area (Å²) in [5.74, 6) is -2.28. The van der Waals surface area contributed by atoms with E-state index >= 15 is 0 Å². The number of nitrogens with zero attached hydrogens (tertiary/aromatic N) is 4. The van der Waals surface area contributed by atoms with Crippen LogP contribution in [0.2, 0.25) is 0 Å². The molecule has 29 heavy (non-hydrogen) atoms. The molecule has 11 nitrogen and oxygen atoms in total. The minimum Gasteiger partial charge on any atom is -0.477 e. The molecule has 3 heterocycles. The zero-order valence-electron chi connectivity index (χ0n) is 14.7. The molecular weight excluding hydrogens is 444 g/mol. The number of hydrogen-bond donors (Lipinski definition) is 3. The Kier molecular flexibility index (Phi) is 6.39. The minimum absolute atomic E-state index is 0.00345. The monoisotopic (exact) mass is 458 g/mol.